The Hall–Kier alpha value is -2.69. The highest BCUT2D eigenvalue weighted by molar-refractivity contribution is 9.10. The van der Waals surface area contributed by atoms with Crippen LogP contribution in [0.5, 0.6) is 0 Å². The molecule has 2 amide bonds. The molecule has 2 atom stereocenters. The maximum Gasteiger partial charge on any atom is 0.244 e. The van der Waals surface area contributed by atoms with Crippen LogP contribution in [0.1, 0.15) is 31.4 Å². The summed E-state index contributed by atoms with van der Waals surface area (Å²) in [6.07, 6.45) is 2.07. The summed E-state index contributed by atoms with van der Waals surface area (Å²) in [6, 6.07) is 22.9. The summed E-state index contributed by atoms with van der Waals surface area (Å²) in [5.74, 6) is -0.778. The van der Waals surface area contributed by atoms with Crippen LogP contribution >= 0.6 is 31.9 Å². The Morgan fingerprint density at radius 3 is 2.18 bits per heavy atom. The third-order valence-corrected chi connectivity index (χ3v) is 8.60. The molecule has 10 heteroatoms. The van der Waals surface area contributed by atoms with Crippen LogP contribution in [-0.4, -0.2) is 50.0 Å². The number of nitrogens with one attached hydrogen (secondary N) is 1. The van der Waals surface area contributed by atoms with Gasteiger partial charge < -0.3 is 10.2 Å². The van der Waals surface area contributed by atoms with Gasteiger partial charge in [0.25, 0.3) is 0 Å². The first-order valence-electron chi connectivity index (χ1n) is 12.6. The van der Waals surface area contributed by atoms with E-state index in [-0.39, 0.29) is 24.9 Å². The predicted octanol–water partition coefficient (Wildman–Crippen LogP) is 5.53. The summed E-state index contributed by atoms with van der Waals surface area (Å²) in [6.45, 7) is 3.55. The smallest absolute Gasteiger partial charge is 0.244 e. The van der Waals surface area contributed by atoms with Crippen LogP contribution < -0.4 is 9.62 Å². The molecule has 0 saturated heterocycles. The predicted molar refractivity (Wildman–Crippen MR) is 163 cm³/mol. The number of hydrogen-bond acceptors (Lipinski definition) is 4. The lowest BCUT2D eigenvalue weighted by molar-refractivity contribution is -0.140. The number of benzene rings is 3. The van der Waals surface area contributed by atoms with Crippen molar-refractivity contribution in [2.75, 3.05) is 17.1 Å². The van der Waals surface area contributed by atoms with Crippen molar-refractivity contribution < 1.29 is 18.0 Å². The number of sulfonamides is 1. The SMILES string of the molecule is CC[C@@H](C)NC(=O)[C@H](Cc1ccccc1)N(Cc1cccc(Br)c1)C(=O)CN(c1ccccc1Br)S(C)(=O)=O. The molecule has 3 aromatic carbocycles. The first-order chi connectivity index (χ1) is 18.5. The number of hydrogen-bond donors (Lipinski definition) is 1. The van der Waals surface area contributed by atoms with Crippen molar-refractivity contribution in [3.63, 3.8) is 0 Å². The van der Waals surface area contributed by atoms with Crippen molar-refractivity contribution in [3.05, 3.63) is 98.9 Å². The van der Waals surface area contributed by atoms with Gasteiger partial charge in [0.2, 0.25) is 21.8 Å². The minimum absolute atomic E-state index is 0.0913. The van der Waals surface area contributed by atoms with Gasteiger partial charge in [-0.3, -0.25) is 13.9 Å². The lowest BCUT2D eigenvalue weighted by Crippen LogP contribution is -2.54. The third kappa shape index (κ3) is 8.91. The average Bonchev–Trinajstić information content (AvgIpc) is 2.89. The number of rotatable bonds is 12. The molecular formula is C29H33Br2N3O4S. The summed E-state index contributed by atoms with van der Waals surface area (Å²) in [5.41, 5.74) is 2.04. The summed E-state index contributed by atoms with van der Waals surface area (Å²) in [4.78, 5) is 29.2. The van der Waals surface area contributed by atoms with Gasteiger partial charge in [-0.05, 0) is 64.7 Å². The number of carbonyl (C=O) groups is 2. The van der Waals surface area contributed by atoms with Crippen molar-refractivity contribution in [1.82, 2.24) is 10.2 Å². The standard InChI is InChI=1S/C29H33Br2N3O4S/c1-4-21(2)32-29(36)27(18-22-11-6-5-7-12-22)33(19-23-13-10-14-24(30)17-23)28(35)20-34(39(3,37)38)26-16-9-8-15-25(26)31/h5-17,21,27H,4,18-20H2,1-3H3,(H,32,36)/t21-,27+/m1/s1. The molecule has 0 saturated carbocycles. The topological polar surface area (TPSA) is 86.8 Å². The third-order valence-electron chi connectivity index (χ3n) is 6.31. The fourth-order valence-electron chi connectivity index (χ4n) is 4.08. The molecule has 0 radical (unpaired) electrons. The van der Waals surface area contributed by atoms with Gasteiger partial charge in [-0.15, -0.1) is 0 Å². The molecule has 3 aromatic rings. The second kappa shape index (κ2) is 14.1. The molecule has 7 nitrogen and oxygen atoms in total. The highest BCUT2D eigenvalue weighted by atomic mass is 79.9. The van der Waals surface area contributed by atoms with E-state index in [9.17, 15) is 18.0 Å². The largest absolute Gasteiger partial charge is 0.352 e. The Morgan fingerprint density at radius 1 is 0.923 bits per heavy atom. The highest BCUT2D eigenvalue weighted by Gasteiger charge is 2.33. The molecule has 0 heterocycles. The highest BCUT2D eigenvalue weighted by Crippen LogP contribution is 2.28. The zero-order valence-corrected chi connectivity index (χ0v) is 26.2. The van der Waals surface area contributed by atoms with E-state index in [1.54, 1.807) is 24.3 Å². The maximum absolute atomic E-state index is 14.1. The number of carbonyl (C=O) groups excluding carboxylic acids is 2. The van der Waals surface area contributed by atoms with Crippen molar-refractivity contribution in [3.8, 4) is 0 Å². The Balaban J connectivity index is 2.07. The molecule has 0 aliphatic rings. The van der Waals surface area contributed by atoms with Gasteiger partial charge in [0.15, 0.2) is 0 Å². The van der Waals surface area contributed by atoms with Crippen LogP contribution in [0, 0.1) is 0 Å². The molecule has 39 heavy (non-hydrogen) atoms. The van der Waals surface area contributed by atoms with Gasteiger partial charge in [-0.25, -0.2) is 8.42 Å². The lowest BCUT2D eigenvalue weighted by Gasteiger charge is -2.34. The van der Waals surface area contributed by atoms with Crippen LogP contribution in [0.25, 0.3) is 0 Å². The zero-order valence-electron chi connectivity index (χ0n) is 22.2. The number of para-hydroxylation sites is 1. The van der Waals surface area contributed by atoms with Crippen molar-refractivity contribution in [1.29, 1.82) is 0 Å². The van der Waals surface area contributed by atoms with Crippen molar-refractivity contribution in [2.45, 2.75) is 45.3 Å². The molecule has 0 unspecified atom stereocenters. The Morgan fingerprint density at radius 2 is 1.56 bits per heavy atom. The Kier molecular flexibility index (Phi) is 11.1. The average molecular weight is 679 g/mol. The first kappa shape index (κ1) is 30.8. The summed E-state index contributed by atoms with van der Waals surface area (Å²) in [7, 11) is -3.83. The molecular weight excluding hydrogens is 646 g/mol. The lowest BCUT2D eigenvalue weighted by atomic mass is 10.0. The van der Waals surface area contributed by atoms with Crippen molar-refractivity contribution >= 4 is 59.4 Å². The van der Waals surface area contributed by atoms with E-state index in [0.29, 0.717) is 10.2 Å². The van der Waals surface area contributed by atoms with Gasteiger partial charge in [-0.2, -0.15) is 0 Å². The van der Waals surface area contributed by atoms with E-state index in [1.165, 1.54) is 4.90 Å². The minimum atomic E-state index is -3.83. The second-order valence-electron chi connectivity index (χ2n) is 9.40. The number of anilines is 1. The molecule has 3 rings (SSSR count). The molecule has 208 valence electrons. The zero-order chi connectivity index (χ0) is 28.6. The maximum atomic E-state index is 14.1. The number of amides is 2. The van der Waals surface area contributed by atoms with Crippen LogP contribution in [-0.2, 0) is 32.6 Å². The van der Waals surface area contributed by atoms with Crippen molar-refractivity contribution in [2.24, 2.45) is 0 Å². The van der Waals surface area contributed by atoms with E-state index in [0.717, 1.165) is 32.6 Å². The molecule has 0 aliphatic heterocycles. The minimum Gasteiger partial charge on any atom is -0.352 e. The van der Waals surface area contributed by atoms with Gasteiger partial charge in [0.05, 0.1) is 11.9 Å². The van der Waals surface area contributed by atoms with E-state index >= 15 is 0 Å². The van der Waals surface area contributed by atoms with E-state index in [4.69, 9.17) is 0 Å². The fourth-order valence-corrected chi connectivity index (χ4v) is 6.00. The Labute approximate surface area is 247 Å². The quantitative estimate of drug-likeness (QED) is 0.273. The first-order valence-corrected chi connectivity index (χ1v) is 16.0. The van der Waals surface area contributed by atoms with Crippen LogP contribution in [0.2, 0.25) is 0 Å². The monoisotopic (exact) mass is 677 g/mol. The van der Waals surface area contributed by atoms with E-state index in [2.05, 4.69) is 37.2 Å². The fraction of sp³-hybridized carbons (Fsp3) is 0.310. The van der Waals surface area contributed by atoms with Crippen LogP contribution in [0.4, 0.5) is 5.69 Å². The normalized spacial score (nSPS) is 12.8. The molecule has 0 spiro atoms. The van der Waals surface area contributed by atoms with Gasteiger partial charge in [-0.1, -0.05) is 77.5 Å². The van der Waals surface area contributed by atoms with Gasteiger partial charge in [0.1, 0.15) is 12.6 Å². The Bertz CT molecular complexity index is 1390. The number of nitrogens with zero attached hydrogens (tertiary/aromatic N) is 2. The molecule has 0 aromatic heterocycles. The second-order valence-corrected chi connectivity index (χ2v) is 13.1. The van der Waals surface area contributed by atoms with Gasteiger partial charge >= 0.3 is 0 Å². The molecule has 0 fully saturated rings. The number of halogens is 2. The molecule has 0 bridgehead atoms. The van der Waals surface area contributed by atoms with Crippen LogP contribution in [0.3, 0.4) is 0 Å². The molecule has 0 aliphatic carbocycles. The summed E-state index contributed by atoms with van der Waals surface area (Å²) >= 11 is 6.89. The molecule has 1 N–H and O–H groups in total. The summed E-state index contributed by atoms with van der Waals surface area (Å²) < 4.78 is 28.2. The van der Waals surface area contributed by atoms with Crippen LogP contribution in [0.15, 0.2) is 87.8 Å². The van der Waals surface area contributed by atoms with E-state index < -0.39 is 28.5 Å². The summed E-state index contributed by atoms with van der Waals surface area (Å²) in [5, 5.41) is 3.03. The van der Waals surface area contributed by atoms with E-state index in [1.807, 2.05) is 68.4 Å². The van der Waals surface area contributed by atoms with Gasteiger partial charge in [0, 0.05) is 28.0 Å².